The SMILES string of the molecule is CCn1cnc2cc(OC)c(OCCc3ccc4ccccc4n3)cc2c1=O. The van der Waals surface area contributed by atoms with Gasteiger partial charge in [0.15, 0.2) is 11.5 Å². The van der Waals surface area contributed by atoms with Gasteiger partial charge in [0.25, 0.3) is 5.56 Å². The van der Waals surface area contributed by atoms with Gasteiger partial charge >= 0.3 is 0 Å². The quantitative estimate of drug-likeness (QED) is 0.515. The largest absolute Gasteiger partial charge is 0.493 e. The predicted octanol–water partition coefficient (Wildman–Crippen LogP) is 3.59. The minimum atomic E-state index is -0.0869. The van der Waals surface area contributed by atoms with Gasteiger partial charge in [-0.1, -0.05) is 24.3 Å². The van der Waals surface area contributed by atoms with E-state index in [0.717, 1.165) is 16.6 Å². The minimum Gasteiger partial charge on any atom is -0.493 e. The first-order chi connectivity index (χ1) is 13.7. The number of aryl methyl sites for hydroxylation is 1. The van der Waals surface area contributed by atoms with E-state index in [0.29, 0.717) is 42.0 Å². The van der Waals surface area contributed by atoms with E-state index >= 15 is 0 Å². The van der Waals surface area contributed by atoms with Crippen LogP contribution in [-0.2, 0) is 13.0 Å². The summed E-state index contributed by atoms with van der Waals surface area (Å²) >= 11 is 0. The highest BCUT2D eigenvalue weighted by atomic mass is 16.5. The van der Waals surface area contributed by atoms with Crippen molar-refractivity contribution in [3.63, 3.8) is 0 Å². The van der Waals surface area contributed by atoms with Crippen LogP contribution in [0.4, 0.5) is 0 Å². The second-order valence-electron chi connectivity index (χ2n) is 6.45. The Labute approximate surface area is 162 Å². The number of ether oxygens (including phenoxy) is 2. The Bertz CT molecular complexity index is 1200. The Morgan fingerprint density at radius 3 is 2.71 bits per heavy atom. The van der Waals surface area contributed by atoms with Gasteiger partial charge in [-0.3, -0.25) is 14.3 Å². The number of hydrogen-bond donors (Lipinski definition) is 0. The molecule has 0 fully saturated rings. The summed E-state index contributed by atoms with van der Waals surface area (Å²) in [4.78, 5) is 21.5. The zero-order chi connectivity index (χ0) is 19.5. The molecule has 4 rings (SSSR count). The third kappa shape index (κ3) is 3.41. The molecule has 4 aromatic rings. The molecule has 2 aromatic carbocycles. The van der Waals surface area contributed by atoms with Crippen molar-refractivity contribution in [1.29, 1.82) is 0 Å². The Morgan fingerprint density at radius 1 is 1.04 bits per heavy atom. The van der Waals surface area contributed by atoms with Crippen LogP contribution in [0.15, 0.2) is 59.7 Å². The van der Waals surface area contributed by atoms with Crippen LogP contribution < -0.4 is 15.0 Å². The summed E-state index contributed by atoms with van der Waals surface area (Å²) in [6.07, 6.45) is 2.20. The van der Waals surface area contributed by atoms with Crippen LogP contribution in [0.2, 0.25) is 0 Å². The van der Waals surface area contributed by atoms with Crippen LogP contribution in [-0.4, -0.2) is 28.3 Å². The van der Waals surface area contributed by atoms with E-state index in [9.17, 15) is 4.79 Å². The fourth-order valence-corrected chi connectivity index (χ4v) is 3.18. The van der Waals surface area contributed by atoms with E-state index in [-0.39, 0.29) is 5.56 Å². The highest BCUT2D eigenvalue weighted by Gasteiger charge is 2.11. The van der Waals surface area contributed by atoms with Gasteiger partial charge in [-0.05, 0) is 25.1 Å². The predicted molar refractivity (Wildman–Crippen MR) is 109 cm³/mol. The molecule has 6 nitrogen and oxygen atoms in total. The Kier molecular flexibility index (Phi) is 4.93. The lowest BCUT2D eigenvalue weighted by molar-refractivity contribution is 0.297. The molecule has 28 heavy (non-hydrogen) atoms. The molecule has 0 atom stereocenters. The molecule has 0 spiro atoms. The van der Waals surface area contributed by atoms with Crippen LogP contribution in [0.5, 0.6) is 11.5 Å². The van der Waals surface area contributed by atoms with E-state index in [1.165, 1.54) is 0 Å². The molecule has 0 aliphatic rings. The van der Waals surface area contributed by atoms with Crippen molar-refractivity contribution in [2.45, 2.75) is 19.9 Å². The minimum absolute atomic E-state index is 0.0869. The number of rotatable bonds is 6. The number of fused-ring (bicyclic) bond motifs is 2. The lowest BCUT2D eigenvalue weighted by Gasteiger charge is -2.12. The monoisotopic (exact) mass is 375 g/mol. The summed E-state index contributed by atoms with van der Waals surface area (Å²) in [5, 5.41) is 1.63. The first-order valence-corrected chi connectivity index (χ1v) is 9.24. The summed E-state index contributed by atoms with van der Waals surface area (Å²) in [5.74, 6) is 1.09. The van der Waals surface area contributed by atoms with Crippen LogP contribution in [0.3, 0.4) is 0 Å². The van der Waals surface area contributed by atoms with Crippen molar-refractivity contribution in [3.8, 4) is 11.5 Å². The first-order valence-electron chi connectivity index (χ1n) is 9.24. The van der Waals surface area contributed by atoms with Crippen molar-refractivity contribution < 1.29 is 9.47 Å². The summed E-state index contributed by atoms with van der Waals surface area (Å²) in [6, 6.07) is 15.5. The molecule has 0 N–H and O–H groups in total. The average molecular weight is 375 g/mol. The molecule has 2 heterocycles. The van der Waals surface area contributed by atoms with E-state index in [2.05, 4.69) is 16.0 Å². The van der Waals surface area contributed by atoms with E-state index in [1.54, 1.807) is 30.1 Å². The van der Waals surface area contributed by atoms with Crippen LogP contribution in [0.25, 0.3) is 21.8 Å². The molecule has 0 saturated carbocycles. The lowest BCUT2D eigenvalue weighted by atomic mass is 10.2. The van der Waals surface area contributed by atoms with Crippen molar-refractivity contribution in [3.05, 3.63) is 70.9 Å². The van der Waals surface area contributed by atoms with Gasteiger partial charge in [0.05, 0.1) is 36.5 Å². The van der Waals surface area contributed by atoms with Gasteiger partial charge in [-0.25, -0.2) is 4.98 Å². The van der Waals surface area contributed by atoms with E-state index in [4.69, 9.17) is 9.47 Å². The molecule has 0 amide bonds. The van der Waals surface area contributed by atoms with E-state index < -0.39 is 0 Å². The molecule has 0 radical (unpaired) electrons. The fourth-order valence-electron chi connectivity index (χ4n) is 3.18. The van der Waals surface area contributed by atoms with E-state index in [1.807, 2.05) is 37.3 Å². The average Bonchev–Trinajstić information content (AvgIpc) is 2.74. The summed E-state index contributed by atoms with van der Waals surface area (Å²) in [7, 11) is 1.58. The number of pyridine rings is 1. The highest BCUT2D eigenvalue weighted by Crippen LogP contribution is 2.30. The molecule has 0 saturated heterocycles. The number of nitrogens with zero attached hydrogens (tertiary/aromatic N) is 3. The van der Waals surface area contributed by atoms with Gasteiger partial charge in [0.2, 0.25) is 0 Å². The standard InChI is InChI=1S/C22H21N3O3/c1-3-25-14-23-19-13-20(27-2)21(12-17(19)22(25)26)28-11-10-16-9-8-15-6-4-5-7-18(15)24-16/h4-9,12-14H,3,10-11H2,1-2H3. The lowest BCUT2D eigenvalue weighted by Crippen LogP contribution is -2.19. The third-order valence-corrected chi connectivity index (χ3v) is 4.72. The molecule has 0 bridgehead atoms. The number of benzene rings is 2. The summed E-state index contributed by atoms with van der Waals surface area (Å²) in [5.41, 5.74) is 2.43. The number of aromatic nitrogens is 3. The van der Waals surface area contributed by atoms with Crippen LogP contribution >= 0.6 is 0 Å². The molecule has 2 aromatic heterocycles. The second-order valence-corrected chi connectivity index (χ2v) is 6.45. The maximum absolute atomic E-state index is 12.5. The fraction of sp³-hybridized carbons (Fsp3) is 0.227. The topological polar surface area (TPSA) is 66.2 Å². The number of hydrogen-bond acceptors (Lipinski definition) is 5. The Balaban J connectivity index is 1.57. The van der Waals surface area contributed by atoms with Gasteiger partial charge in [-0.15, -0.1) is 0 Å². The van der Waals surface area contributed by atoms with Crippen molar-refractivity contribution in [2.75, 3.05) is 13.7 Å². The Hall–Kier alpha value is -3.41. The second kappa shape index (κ2) is 7.68. The molecule has 0 aliphatic carbocycles. The zero-order valence-corrected chi connectivity index (χ0v) is 15.9. The van der Waals surface area contributed by atoms with Gasteiger partial charge in [0, 0.05) is 30.1 Å². The van der Waals surface area contributed by atoms with Crippen LogP contribution in [0.1, 0.15) is 12.6 Å². The normalized spacial score (nSPS) is 11.1. The van der Waals surface area contributed by atoms with Gasteiger partial charge in [0.1, 0.15) is 0 Å². The third-order valence-electron chi connectivity index (χ3n) is 4.72. The molecule has 142 valence electrons. The Morgan fingerprint density at radius 2 is 1.89 bits per heavy atom. The summed E-state index contributed by atoms with van der Waals surface area (Å²) in [6.45, 7) is 2.90. The highest BCUT2D eigenvalue weighted by molar-refractivity contribution is 5.81. The maximum atomic E-state index is 12.5. The molecular formula is C22H21N3O3. The first kappa shape index (κ1) is 18.0. The molecular weight excluding hydrogens is 354 g/mol. The summed E-state index contributed by atoms with van der Waals surface area (Å²) < 4.78 is 12.9. The number of para-hydroxylation sites is 1. The molecule has 0 unspecified atom stereocenters. The molecule has 0 aliphatic heterocycles. The van der Waals surface area contributed by atoms with Crippen molar-refractivity contribution in [2.24, 2.45) is 0 Å². The smallest absolute Gasteiger partial charge is 0.261 e. The van der Waals surface area contributed by atoms with Crippen molar-refractivity contribution in [1.82, 2.24) is 14.5 Å². The van der Waals surface area contributed by atoms with Crippen molar-refractivity contribution >= 4 is 21.8 Å². The maximum Gasteiger partial charge on any atom is 0.261 e. The van der Waals surface area contributed by atoms with Gasteiger partial charge < -0.3 is 9.47 Å². The van der Waals surface area contributed by atoms with Crippen LogP contribution in [0, 0.1) is 0 Å². The zero-order valence-electron chi connectivity index (χ0n) is 15.9. The van der Waals surface area contributed by atoms with Gasteiger partial charge in [-0.2, -0.15) is 0 Å². The molecule has 6 heteroatoms. The number of methoxy groups -OCH3 is 1.